The lowest BCUT2D eigenvalue weighted by Gasteiger charge is -2.36. The van der Waals surface area contributed by atoms with Crippen molar-refractivity contribution in [3.8, 4) is 11.5 Å². The molecule has 21 heavy (non-hydrogen) atoms. The molecule has 0 saturated carbocycles. The zero-order valence-corrected chi connectivity index (χ0v) is 14.6. The van der Waals surface area contributed by atoms with Crippen LogP contribution in [0.25, 0.3) is 0 Å². The van der Waals surface area contributed by atoms with Crippen LogP contribution in [0, 0.1) is 0 Å². The fraction of sp³-hybridized carbons (Fsp3) is 0.438. The lowest BCUT2D eigenvalue weighted by atomic mass is 10.2. The molecule has 0 unspecified atom stereocenters. The Morgan fingerprint density at radius 2 is 1.62 bits per heavy atom. The lowest BCUT2D eigenvalue weighted by molar-refractivity contribution is -0.135. The smallest absolute Gasteiger partial charge is 0.371 e. The van der Waals surface area contributed by atoms with Crippen molar-refractivity contribution in [3.63, 3.8) is 0 Å². The van der Waals surface area contributed by atoms with Crippen LogP contribution in [0.1, 0.15) is 27.7 Å². The van der Waals surface area contributed by atoms with Gasteiger partial charge in [-0.3, -0.25) is 0 Å². The van der Waals surface area contributed by atoms with Crippen molar-refractivity contribution in [1.29, 1.82) is 0 Å². The number of carboxylic acid groups (broad SMARTS) is 1. The molecule has 0 bridgehead atoms. The van der Waals surface area contributed by atoms with Gasteiger partial charge in [0.15, 0.2) is 0 Å². The van der Waals surface area contributed by atoms with Gasteiger partial charge in [0.1, 0.15) is 11.5 Å². The van der Waals surface area contributed by atoms with E-state index in [-0.39, 0.29) is 10.8 Å². The molecular weight excluding hydrogens is 284 g/mol. The molecule has 4 nitrogen and oxygen atoms in total. The summed E-state index contributed by atoms with van der Waals surface area (Å²) in [5.41, 5.74) is 0. The highest BCUT2D eigenvalue weighted by atomic mass is 28.4. The number of carbonyl (C=O) groups is 1. The Hall–Kier alpha value is -1.75. The van der Waals surface area contributed by atoms with E-state index in [0.29, 0.717) is 5.75 Å². The Kier molecular flexibility index (Phi) is 5.23. The summed E-state index contributed by atoms with van der Waals surface area (Å²) in [4.78, 5) is 10.9. The standard InChI is InChI=1S/C16H24O4Si/c1-7-14(15(17)18)19-12-8-10-13(11-9-12)20-21(5,6)16(2,3)4/h7-11H,1-6H3,(H,17,18)/b14-7-. The summed E-state index contributed by atoms with van der Waals surface area (Å²) in [7, 11) is -1.87. The van der Waals surface area contributed by atoms with Crippen LogP contribution in [0.5, 0.6) is 11.5 Å². The number of ether oxygens (including phenoxy) is 1. The highest BCUT2D eigenvalue weighted by molar-refractivity contribution is 6.74. The first-order valence-corrected chi connectivity index (χ1v) is 9.84. The molecule has 1 rings (SSSR count). The second kappa shape index (κ2) is 6.35. The molecule has 116 valence electrons. The maximum atomic E-state index is 10.9. The van der Waals surface area contributed by atoms with Gasteiger partial charge in [-0.15, -0.1) is 0 Å². The molecule has 5 heteroatoms. The van der Waals surface area contributed by atoms with E-state index in [1.54, 1.807) is 19.1 Å². The number of rotatable bonds is 5. The minimum absolute atomic E-state index is 0.0898. The van der Waals surface area contributed by atoms with Crippen molar-refractivity contribution in [2.24, 2.45) is 0 Å². The number of hydrogen-bond donors (Lipinski definition) is 1. The highest BCUT2D eigenvalue weighted by Crippen LogP contribution is 2.37. The van der Waals surface area contributed by atoms with Crippen molar-refractivity contribution >= 4 is 14.3 Å². The molecule has 0 fully saturated rings. The van der Waals surface area contributed by atoms with Gasteiger partial charge in [0.2, 0.25) is 14.1 Å². The second-order valence-electron chi connectivity index (χ2n) is 6.39. The normalized spacial score (nSPS) is 13.0. The summed E-state index contributed by atoms with van der Waals surface area (Å²) < 4.78 is 11.4. The Bertz CT molecular complexity index is 524. The van der Waals surface area contributed by atoms with Gasteiger partial charge < -0.3 is 14.3 Å². The summed E-state index contributed by atoms with van der Waals surface area (Å²) in [5.74, 6) is 0.0894. The predicted octanol–water partition coefficient (Wildman–Crippen LogP) is 4.44. The molecule has 1 aromatic rings. The third-order valence-electron chi connectivity index (χ3n) is 3.70. The maximum Gasteiger partial charge on any atom is 0.371 e. The van der Waals surface area contributed by atoms with Crippen LogP contribution < -0.4 is 9.16 Å². The monoisotopic (exact) mass is 308 g/mol. The van der Waals surface area contributed by atoms with E-state index in [1.165, 1.54) is 6.08 Å². The van der Waals surface area contributed by atoms with Gasteiger partial charge in [-0.1, -0.05) is 20.8 Å². The molecular formula is C16H24O4Si. The van der Waals surface area contributed by atoms with Crippen molar-refractivity contribution < 1.29 is 19.1 Å². The number of aliphatic carboxylic acids is 1. The van der Waals surface area contributed by atoms with Gasteiger partial charge >= 0.3 is 5.97 Å². The molecule has 0 aliphatic heterocycles. The zero-order chi connectivity index (χ0) is 16.3. The average Bonchev–Trinajstić information content (AvgIpc) is 2.35. The highest BCUT2D eigenvalue weighted by Gasteiger charge is 2.38. The van der Waals surface area contributed by atoms with Crippen LogP contribution in [-0.2, 0) is 4.79 Å². The lowest BCUT2D eigenvalue weighted by Crippen LogP contribution is -2.43. The van der Waals surface area contributed by atoms with E-state index in [4.69, 9.17) is 14.3 Å². The van der Waals surface area contributed by atoms with Gasteiger partial charge in [0, 0.05) is 0 Å². The zero-order valence-electron chi connectivity index (χ0n) is 13.6. The van der Waals surface area contributed by atoms with Crippen molar-refractivity contribution in [2.75, 3.05) is 0 Å². The molecule has 0 amide bonds. The summed E-state index contributed by atoms with van der Waals surface area (Å²) in [5, 5.41) is 9.05. The molecule has 0 saturated heterocycles. The van der Waals surface area contributed by atoms with E-state index >= 15 is 0 Å². The molecule has 1 aromatic carbocycles. The van der Waals surface area contributed by atoms with E-state index in [1.807, 2.05) is 12.1 Å². The predicted molar refractivity (Wildman–Crippen MR) is 86.3 cm³/mol. The van der Waals surface area contributed by atoms with Crippen LogP contribution in [-0.4, -0.2) is 19.4 Å². The minimum atomic E-state index is -1.87. The second-order valence-corrected chi connectivity index (χ2v) is 11.1. The number of allylic oxidation sites excluding steroid dienone is 1. The Labute approximate surface area is 127 Å². The first-order valence-electron chi connectivity index (χ1n) is 6.93. The third kappa shape index (κ3) is 4.63. The van der Waals surface area contributed by atoms with E-state index in [0.717, 1.165) is 5.75 Å². The largest absolute Gasteiger partial charge is 0.543 e. The topological polar surface area (TPSA) is 55.8 Å². The van der Waals surface area contributed by atoms with Crippen molar-refractivity contribution in [2.45, 2.75) is 45.8 Å². The summed E-state index contributed by atoms with van der Waals surface area (Å²) in [6.07, 6.45) is 1.42. The minimum Gasteiger partial charge on any atom is -0.543 e. The number of hydrogen-bond acceptors (Lipinski definition) is 3. The first kappa shape index (κ1) is 17.3. The Balaban J connectivity index is 2.82. The average molecular weight is 308 g/mol. The summed E-state index contributed by atoms with van der Waals surface area (Å²) in [6.45, 7) is 12.5. The van der Waals surface area contributed by atoms with Gasteiger partial charge in [-0.05, 0) is 55.4 Å². The maximum absolute atomic E-state index is 10.9. The number of carboxylic acids is 1. The van der Waals surface area contributed by atoms with Gasteiger partial charge in [-0.2, -0.15) is 0 Å². The van der Waals surface area contributed by atoms with Gasteiger partial charge in [0.25, 0.3) is 0 Å². The van der Waals surface area contributed by atoms with Crippen molar-refractivity contribution in [1.82, 2.24) is 0 Å². The molecule has 0 radical (unpaired) electrons. The van der Waals surface area contributed by atoms with Crippen LogP contribution in [0.3, 0.4) is 0 Å². The fourth-order valence-corrected chi connectivity index (χ4v) is 2.41. The van der Waals surface area contributed by atoms with Crippen molar-refractivity contribution in [3.05, 3.63) is 36.1 Å². The van der Waals surface area contributed by atoms with Gasteiger partial charge in [-0.25, -0.2) is 4.79 Å². The molecule has 0 aromatic heterocycles. The molecule has 0 aliphatic carbocycles. The SMILES string of the molecule is C/C=C(\Oc1ccc(O[Si](C)(C)C(C)(C)C)cc1)C(=O)O. The first-order chi connectivity index (χ1) is 9.56. The van der Waals surface area contributed by atoms with Crippen LogP contribution in [0.2, 0.25) is 18.1 Å². The number of benzene rings is 1. The van der Waals surface area contributed by atoms with E-state index in [2.05, 4.69) is 33.9 Å². The molecule has 1 N–H and O–H groups in total. The summed E-state index contributed by atoms with van der Waals surface area (Å²) in [6, 6.07) is 7.06. The van der Waals surface area contributed by atoms with E-state index < -0.39 is 14.3 Å². The summed E-state index contributed by atoms with van der Waals surface area (Å²) >= 11 is 0. The van der Waals surface area contributed by atoms with Crippen LogP contribution in [0.4, 0.5) is 0 Å². The van der Waals surface area contributed by atoms with Crippen LogP contribution in [0.15, 0.2) is 36.1 Å². The van der Waals surface area contributed by atoms with Crippen LogP contribution >= 0.6 is 0 Å². The molecule has 0 aliphatic rings. The molecule has 0 atom stereocenters. The van der Waals surface area contributed by atoms with E-state index in [9.17, 15) is 4.79 Å². The molecule has 0 heterocycles. The Morgan fingerprint density at radius 1 is 1.14 bits per heavy atom. The van der Waals surface area contributed by atoms with Gasteiger partial charge in [0.05, 0.1) is 0 Å². The Morgan fingerprint density at radius 3 is 2.00 bits per heavy atom. The third-order valence-corrected chi connectivity index (χ3v) is 8.06. The molecule has 0 spiro atoms. The fourth-order valence-electron chi connectivity index (χ4n) is 1.38. The quantitative estimate of drug-likeness (QED) is 0.496.